The normalized spacial score (nSPS) is 20.7. The van der Waals surface area contributed by atoms with Gasteiger partial charge in [0.1, 0.15) is 30.4 Å². The first kappa shape index (κ1) is 30.1. The molecule has 2 aromatic carbocycles. The first-order chi connectivity index (χ1) is 19.7. The largest absolute Gasteiger partial charge is 0.480 e. The fraction of sp³-hybridized carbons (Fsp3) is 0.367. The number of amides is 1. The summed E-state index contributed by atoms with van der Waals surface area (Å²) in [5, 5.41) is 13.0. The van der Waals surface area contributed by atoms with Crippen molar-refractivity contribution in [2.75, 3.05) is 45.8 Å². The molecule has 2 aliphatic heterocycles. The number of ether oxygens (including phenoxy) is 3. The monoisotopic (exact) mass is 582 g/mol. The average Bonchev–Trinajstić information content (AvgIpc) is 3.27. The molecule has 2 aliphatic rings. The number of anilines is 1. The van der Waals surface area contributed by atoms with Gasteiger partial charge in [-0.15, -0.1) is 0 Å². The number of ketones is 1. The van der Waals surface area contributed by atoms with Crippen LogP contribution in [0.15, 0.2) is 53.4 Å². The van der Waals surface area contributed by atoms with Crippen LogP contribution in [0.25, 0.3) is 6.08 Å². The number of methoxy groups -OCH3 is 2. The number of Topliss-reactive ketones (excluding diaryl/α,β-unsaturated/α-hetero) is 1. The number of hydrogen-bond donors (Lipinski definition) is 2. The minimum Gasteiger partial charge on any atom is -0.480 e. The maximum atomic E-state index is 14.3. The third-order valence-corrected chi connectivity index (χ3v) is 7.96. The second kappa shape index (κ2) is 13.7. The molecule has 2 heterocycles. The molecule has 0 bridgehead atoms. The number of thioether (sulfide) groups is 1. The number of piperidine rings is 1. The molecule has 0 saturated carbocycles. The van der Waals surface area contributed by atoms with Crippen molar-refractivity contribution >= 4 is 41.2 Å². The van der Waals surface area contributed by atoms with Crippen LogP contribution in [-0.4, -0.2) is 79.2 Å². The molecule has 2 unspecified atom stereocenters. The van der Waals surface area contributed by atoms with Crippen LogP contribution in [0.3, 0.4) is 0 Å². The molecule has 2 aromatic rings. The zero-order chi connectivity index (χ0) is 29.4. The molecule has 0 spiro atoms. The van der Waals surface area contributed by atoms with E-state index in [0.717, 1.165) is 11.8 Å². The van der Waals surface area contributed by atoms with E-state index >= 15 is 0 Å². The highest BCUT2D eigenvalue weighted by Crippen LogP contribution is 2.42. The highest BCUT2D eigenvalue weighted by molar-refractivity contribution is 8.05. The van der Waals surface area contributed by atoms with E-state index in [2.05, 4.69) is 17.2 Å². The van der Waals surface area contributed by atoms with Crippen molar-refractivity contribution in [3.05, 3.63) is 64.8 Å². The number of benzene rings is 2. The minimum atomic E-state index is -1.22. The number of hydrogen-bond acceptors (Lipinski definition) is 9. The zero-order valence-electron chi connectivity index (χ0n) is 22.7. The van der Waals surface area contributed by atoms with Crippen molar-refractivity contribution in [1.29, 1.82) is 0 Å². The fourth-order valence-electron chi connectivity index (χ4n) is 4.51. The predicted octanol–water partition coefficient (Wildman–Crippen LogP) is 3.09. The van der Waals surface area contributed by atoms with E-state index < -0.39 is 34.5 Å². The minimum absolute atomic E-state index is 0.00368. The summed E-state index contributed by atoms with van der Waals surface area (Å²) < 4.78 is 29.9. The molecule has 0 radical (unpaired) electrons. The van der Waals surface area contributed by atoms with E-state index in [1.54, 1.807) is 47.4 Å². The van der Waals surface area contributed by atoms with E-state index in [0.29, 0.717) is 42.1 Å². The van der Waals surface area contributed by atoms with Crippen LogP contribution in [0.4, 0.5) is 10.1 Å². The van der Waals surface area contributed by atoms with E-state index in [1.807, 2.05) is 0 Å². The van der Waals surface area contributed by atoms with Crippen LogP contribution >= 0.6 is 11.8 Å². The first-order valence-electron chi connectivity index (χ1n) is 13.0. The molecule has 4 rings (SSSR count). The van der Waals surface area contributed by atoms with Crippen molar-refractivity contribution in [3.63, 3.8) is 0 Å². The second-order valence-corrected chi connectivity index (χ2v) is 10.7. The van der Waals surface area contributed by atoms with Crippen LogP contribution < -0.4 is 10.1 Å². The lowest BCUT2D eigenvalue weighted by Crippen LogP contribution is -2.47. The number of likely N-dealkylation sites (tertiary alicyclic amines) is 1. The molecule has 2 fully saturated rings. The lowest BCUT2D eigenvalue weighted by molar-refractivity contribution is -0.147. The molecular weight excluding hydrogens is 551 g/mol. The molecule has 2 atom stereocenters. The lowest BCUT2D eigenvalue weighted by atomic mass is 9.92. The number of carbonyl (C=O) groups is 3. The molecule has 2 N–H and O–H groups in total. The number of nitrogens with zero attached hydrogens (tertiary/aromatic N) is 1. The third-order valence-electron chi connectivity index (χ3n) is 6.75. The maximum absolute atomic E-state index is 14.3. The van der Waals surface area contributed by atoms with Gasteiger partial charge in [0, 0.05) is 38.6 Å². The highest BCUT2D eigenvalue weighted by Gasteiger charge is 2.45. The van der Waals surface area contributed by atoms with Gasteiger partial charge < -0.3 is 29.5 Å². The highest BCUT2D eigenvalue weighted by atomic mass is 32.2. The van der Waals surface area contributed by atoms with Gasteiger partial charge in [-0.25, -0.2) is 4.39 Å². The molecule has 2 saturated heterocycles. The first-order valence-corrected chi connectivity index (χ1v) is 13.8. The molecule has 0 aromatic heterocycles. The fourth-order valence-corrected chi connectivity index (χ4v) is 5.78. The van der Waals surface area contributed by atoms with Crippen LogP contribution in [0.2, 0.25) is 0 Å². The van der Waals surface area contributed by atoms with Gasteiger partial charge in [0.2, 0.25) is 5.91 Å². The van der Waals surface area contributed by atoms with Gasteiger partial charge in [-0.2, -0.15) is 0 Å². The van der Waals surface area contributed by atoms with Gasteiger partial charge in [-0.3, -0.25) is 14.4 Å². The van der Waals surface area contributed by atoms with E-state index in [-0.39, 0.29) is 24.8 Å². The number of carbonyl (C=O) groups excluding carboxylic acids is 3. The Morgan fingerprint density at radius 3 is 2.59 bits per heavy atom. The van der Waals surface area contributed by atoms with Crippen LogP contribution in [0.5, 0.6) is 5.75 Å². The molecule has 0 aliphatic carbocycles. The molecular formula is C30H31FN2O7S. The van der Waals surface area contributed by atoms with Gasteiger partial charge in [0.25, 0.3) is 0 Å². The summed E-state index contributed by atoms with van der Waals surface area (Å²) in [5.41, 5.74) is -0.460. The second-order valence-electron chi connectivity index (χ2n) is 9.51. The number of nitrogens with one attached hydrogen (secondary N) is 1. The maximum Gasteiger partial charge on any atom is 0.319 e. The molecule has 11 heteroatoms. The molecule has 9 nitrogen and oxygen atoms in total. The Balaban J connectivity index is 1.44. The number of allylic oxidation sites excluding steroid dienone is 1. The van der Waals surface area contributed by atoms with Gasteiger partial charge in [0.05, 0.1) is 23.1 Å². The molecule has 216 valence electrons. The average molecular weight is 583 g/mol. The predicted molar refractivity (Wildman–Crippen MR) is 152 cm³/mol. The summed E-state index contributed by atoms with van der Waals surface area (Å²) >= 11 is 1.11. The standard InChI is InChI=1S/C30H31FN2O7S/c1-38-19-25(34)33-15-13-30(37,14-16-33)12-7-17-40-23-11-6-3-8-20(23)18-24-27(35)26(29(36)39-2)28(41-24)32-22-10-5-4-9-21(22)31/h3-6,8-11,18,26,28,32,37H,13-17,19H2,1-2H3/b24-18-. The van der Waals surface area contributed by atoms with Crippen molar-refractivity contribution < 1.29 is 38.1 Å². The Morgan fingerprint density at radius 1 is 1.17 bits per heavy atom. The van der Waals surface area contributed by atoms with Crippen molar-refractivity contribution in [2.45, 2.75) is 23.8 Å². The number of halogens is 1. The number of rotatable bonds is 8. The SMILES string of the molecule is COCC(=O)N1CCC(O)(C#CCOc2ccccc2/C=C2\SC(Nc3ccccc3F)C(C(=O)OC)C2=O)CC1. The van der Waals surface area contributed by atoms with Crippen molar-refractivity contribution in [2.24, 2.45) is 5.92 Å². The number of esters is 1. The van der Waals surface area contributed by atoms with Gasteiger partial charge in [-0.05, 0) is 24.3 Å². The summed E-state index contributed by atoms with van der Waals surface area (Å²) in [6.45, 7) is 0.757. The smallest absolute Gasteiger partial charge is 0.319 e. The lowest BCUT2D eigenvalue weighted by Gasteiger charge is -2.34. The third kappa shape index (κ3) is 7.47. The number of para-hydroxylation sites is 2. The Kier molecular flexibility index (Phi) is 10.0. The Bertz CT molecular complexity index is 1380. The van der Waals surface area contributed by atoms with E-state index in [1.165, 1.54) is 26.4 Å². The Labute approximate surface area is 242 Å². The summed E-state index contributed by atoms with van der Waals surface area (Å²) in [7, 11) is 2.66. The Morgan fingerprint density at radius 2 is 1.88 bits per heavy atom. The Hall–Kier alpha value is -3.85. The number of aliphatic hydroxyl groups is 1. The summed E-state index contributed by atoms with van der Waals surface area (Å²) in [4.78, 5) is 39.6. The molecule has 41 heavy (non-hydrogen) atoms. The van der Waals surface area contributed by atoms with Gasteiger partial charge >= 0.3 is 5.97 Å². The quantitative estimate of drug-likeness (QED) is 0.210. The van der Waals surface area contributed by atoms with Gasteiger partial charge in [0.15, 0.2) is 11.7 Å². The van der Waals surface area contributed by atoms with E-state index in [4.69, 9.17) is 14.2 Å². The van der Waals surface area contributed by atoms with E-state index in [9.17, 15) is 23.9 Å². The zero-order valence-corrected chi connectivity index (χ0v) is 23.5. The summed E-state index contributed by atoms with van der Waals surface area (Å²) in [6, 6.07) is 13.1. The van der Waals surface area contributed by atoms with Crippen molar-refractivity contribution in [1.82, 2.24) is 4.90 Å². The molecule has 1 amide bonds. The topological polar surface area (TPSA) is 114 Å². The van der Waals surface area contributed by atoms with Crippen LogP contribution in [0.1, 0.15) is 18.4 Å². The summed E-state index contributed by atoms with van der Waals surface area (Å²) in [5.74, 6) is 3.24. The van der Waals surface area contributed by atoms with Crippen LogP contribution in [0, 0.1) is 23.6 Å². The van der Waals surface area contributed by atoms with Gasteiger partial charge in [-0.1, -0.05) is 53.9 Å². The van der Waals surface area contributed by atoms with Crippen LogP contribution in [-0.2, 0) is 23.9 Å². The van der Waals surface area contributed by atoms with Crippen molar-refractivity contribution in [3.8, 4) is 17.6 Å². The summed E-state index contributed by atoms with van der Waals surface area (Å²) in [6.07, 6.45) is 2.26.